The van der Waals surface area contributed by atoms with E-state index in [0.717, 1.165) is 52.2 Å². The van der Waals surface area contributed by atoms with Crippen molar-refractivity contribution in [3.05, 3.63) is 70.2 Å². The summed E-state index contributed by atoms with van der Waals surface area (Å²) < 4.78 is 11.2. The second kappa shape index (κ2) is 11.3. The highest BCUT2D eigenvalue weighted by atomic mass is 79.9. The number of hydrogen-bond acceptors (Lipinski definition) is 5. The molecule has 40 heavy (non-hydrogen) atoms. The Morgan fingerprint density at radius 2 is 1.73 bits per heavy atom. The predicted molar refractivity (Wildman–Crippen MR) is 163 cm³/mol. The maximum absolute atomic E-state index is 12.5. The third-order valence-corrected chi connectivity index (χ3v) is 7.78. The summed E-state index contributed by atoms with van der Waals surface area (Å²) in [5.41, 5.74) is 12.9. The Morgan fingerprint density at radius 3 is 2.38 bits per heavy atom. The van der Waals surface area contributed by atoms with Crippen LogP contribution < -0.4 is 15.4 Å². The first-order valence-corrected chi connectivity index (χ1v) is 14.9. The molecule has 2 amide bonds. The summed E-state index contributed by atoms with van der Waals surface area (Å²) in [6.07, 6.45) is 0.364. The van der Waals surface area contributed by atoms with E-state index in [-0.39, 0.29) is 6.09 Å². The van der Waals surface area contributed by atoms with E-state index in [1.54, 1.807) is 4.90 Å². The molecule has 0 unspecified atom stereocenters. The van der Waals surface area contributed by atoms with Crippen LogP contribution in [0.5, 0.6) is 5.75 Å². The monoisotopic (exact) mass is 625 g/mol. The zero-order valence-electron chi connectivity index (χ0n) is 22.9. The van der Waals surface area contributed by atoms with E-state index in [1.165, 1.54) is 0 Å². The number of rotatable bonds is 6. The van der Waals surface area contributed by atoms with Gasteiger partial charge in [0.15, 0.2) is 0 Å². The van der Waals surface area contributed by atoms with Crippen molar-refractivity contribution < 1.29 is 19.1 Å². The molecule has 1 aliphatic carbocycles. The minimum Gasteiger partial charge on any atom is -0.491 e. The fourth-order valence-corrected chi connectivity index (χ4v) is 5.68. The molecule has 0 bridgehead atoms. The Labute approximate surface area is 248 Å². The van der Waals surface area contributed by atoms with Crippen LogP contribution in [0, 0.1) is 0 Å². The van der Waals surface area contributed by atoms with Crippen molar-refractivity contribution in [2.75, 3.05) is 43.0 Å². The number of anilines is 1. The van der Waals surface area contributed by atoms with E-state index < -0.39 is 11.5 Å². The fourth-order valence-electron chi connectivity index (χ4n) is 5.29. The van der Waals surface area contributed by atoms with Crippen molar-refractivity contribution in [3.63, 3.8) is 0 Å². The van der Waals surface area contributed by atoms with Gasteiger partial charge >= 0.3 is 6.09 Å². The Morgan fingerprint density at radius 1 is 0.975 bits per heavy atom. The second-order valence-corrected chi connectivity index (χ2v) is 12.3. The van der Waals surface area contributed by atoms with Gasteiger partial charge in [0.05, 0.1) is 11.6 Å². The van der Waals surface area contributed by atoms with Crippen LogP contribution in [0.15, 0.2) is 48.5 Å². The van der Waals surface area contributed by atoms with Gasteiger partial charge in [0.1, 0.15) is 11.4 Å². The maximum atomic E-state index is 12.5. The highest BCUT2D eigenvalue weighted by Gasteiger charge is 2.28. The van der Waals surface area contributed by atoms with Gasteiger partial charge in [-0.1, -0.05) is 39.7 Å². The number of alkyl halides is 1. The van der Waals surface area contributed by atoms with Gasteiger partial charge in [0.2, 0.25) is 5.91 Å². The molecule has 1 saturated heterocycles. The molecule has 0 atom stereocenters. The van der Waals surface area contributed by atoms with Gasteiger partial charge < -0.3 is 25.0 Å². The van der Waals surface area contributed by atoms with Crippen LogP contribution in [0.25, 0.3) is 22.3 Å². The van der Waals surface area contributed by atoms with Crippen molar-refractivity contribution in [3.8, 4) is 28.0 Å². The Bertz CT molecular complexity index is 1460. The number of amides is 2. The molecule has 0 aromatic heterocycles. The molecule has 2 aliphatic rings. The molecule has 0 saturated carbocycles. The number of benzene rings is 3. The summed E-state index contributed by atoms with van der Waals surface area (Å²) in [5.74, 6) is 0.165. The van der Waals surface area contributed by atoms with Crippen LogP contribution in [0.2, 0.25) is 5.02 Å². The molecule has 1 heterocycles. The third-order valence-electron chi connectivity index (χ3n) is 7.16. The van der Waals surface area contributed by atoms with Crippen LogP contribution in [-0.2, 0) is 11.2 Å². The minimum absolute atomic E-state index is 0.270. The number of carbonyl (C=O) groups excluding carboxylic acids is 2. The van der Waals surface area contributed by atoms with E-state index in [2.05, 4.69) is 45.1 Å². The van der Waals surface area contributed by atoms with Gasteiger partial charge in [-0.25, -0.2) is 4.79 Å². The van der Waals surface area contributed by atoms with E-state index >= 15 is 0 Å². The molecule has 3 aromatic rings. The number of hydrogen-bond donors (Lipinski definition) is 1. The first-order valence-electron chi connectivity index (χ1n) is 13.4. The van der Waals surface area contributed by atoms with Gasteiger partial charge in [-0.3, -0.25) is 4.79 Å². The van der Waals surface area contributed by atoms with E-state index in [1.807, 2.05) is 45.0 Å². The normalized spacial score (nSPS) is 14.5. The molecular weight excluding hydrogens is 594 g/mol. The standard InChI is InChI=1S/C31H33BrClN3O4/c1-31(2,3)40-30(38)36-11-9-35(10-12-36)22-5-6-23-21(14-22)17-25-24(23)15-20(16-26(25)29(34)37)19-4-7-28(27(33)18-19)39-13-8-32/h4-7,14-16,18H,8-13,17H2,1-3H3,(H2,34,37). The van der Waals surface area contributed by atoms with Crippen LogP contribution in [-0.4, -0.2) is 60.6 Å². The van der Waals surface area contributed by atoms with Crippen LogP contribution in [0.4, 0.5) is 10.5 Å². The molecule has 9 heteroatoms. The Kier molecular flexibility index (Phi) is 8.02. The molecule has 7 nitrogen and oxygen atoms in total. The summed E-state index contributed by atoms with van der Waals surface area (Å²) >= 11 is 9.85. The maximum Gasteiger partial charge on any atom is 0.410 e. The molecule has 1 aliphatic heterocycles. The van der Waals surface area contributed by atoms with Crippen molar-refractivity contribution in [1.82, 2.24) is 4.90 Å². The summed E-state index contributed by atoms with van der Waals surface area (Å²) in [6.45, 7) is 8.79. The number of nitrogens with two attached hydrogens (primary N) is 1. The van der Waals surface area contributed by atoms with Crippen LogP contribution in [0.3, 0.4) is 0 Å². The van der Waals surface area contributed by atoms with Gasteiger partial charge in [-0.15, -0.1) is 0 Å². The summed E-state index contributed by atoms with van der Waals surface area (Å²) in [4.78, 5) is 29.1. The summed E-state index contributed by atoms with van der Waals surface area (Å²) in [7, 11) is 0. The first kappa shape index (κ1) is 28.3. The first-order chi connectivity index (χ1) is 19.0. The quantitative estimate of drug-likeness (QED) is 0.247. The van der Waals surface area contributed by atoms with Crippen LogP contribution in [0.1, 0.15) is 42.3 Å². The van der Waals surface area contributed by atoms with Crippen molar-refractivity contribution in [2.24, 2.45) is 5.73 Å². The largest absolute Gasteiger partial charge is 0.491 e. The second-order valence-electron chi connectivity index (χ2n) is 11.1. The smallest absolute Gasteiger partial charge is 0.410 e. The Hall–Kier alpha value is -3.23. The number of ether oxygens (including phenoxy) is 2. The van der Waals surface area contributed by atoms with Gasteiger partial charge in [0, 0.05) is 42.8 Å². The highest BCUT2D eigenvalue weighted by molar-refractivity contribution is 9.09. The SMILES string of the molecule is CC(C)(C)OC(=O)N1CCN(c2ccc3c(c2)Cc2c(C(N)=O)cc(-c4ccc(OCCBr)c(Cl)c4)cc2-3)CC1. The number of piperazine rings is 1. The topological polar surface area (TPSA) is 85.1 Å². The predicted octanol–water partition coefficient (Wildman–Crippen LogP) is 6.51. The molecule has 0 radical (unpaired) electrons. The van der Waals surface area contributed by atoms with Gasteiger partial charge in [-0.05, 0) is 97.0 Å². The molecule has 210 valence electrons. The molecule has 2 N–H and O–H groups in total. The lowest BCUT2D eigenvalue weighted by Crippen LogP contribution is -2.50. The lowest BCUT2D eigenvalue weighted by Gasteiger charge is -2.37. The lowest BCUT2D eigenvalue weighted by molar-refractivity contribution is 0.0240. The molecule has 1 fully saturated rings. The molecule has 5 rings (SSSR count). The molecule has 3 aromatic carbocycles. The lowest BCUT2D eigenvalue weighted by atomic mass is 9.94. The zero-order valence-corrected chi connectivity index (χ0v) is 25.3. The highest BCUT2D eigenvalue weighted by Crippen LogP contribution is 2.43. The number of halogens is 2. The number of fused-ring (bicyclic) bond motifs is 3. The van der Waals surface area contributed by atoms with Crippen LogP contribution >= 0.6 is 27.5 Å². The van der Waals surface area contributed by atoms with Gasteiger partial charge in [0.25, 0.3) is 0 Å². The van der Waals surface area contributed by atoms with E-state index in [4.69, 9.17) is 26.8 Å². The zero-order chi connectivity index (χ0) is 28.6. The molecular formula is C31H33BrClN3O4. The van der Waals surface area contributed by atoms with Gasteiger partial charge in [-0.2, -0.15) is 0 Å². The van der Waals surface area contributed by atoms with Crippen molar-refractivity contribution >= 4 is 45.2 Å². The Balaban J connectivity index is 1.39. The van der Waals surface area contributed by atoms with Crippen molar-refractivity contribution in [1.29, 1.82) is 0 Å². The van der Waals surface area contributed by atoms with E-state index in [0.29, 0.717) is 47.8 Å². The number of primary amides is 1. The number of carbonyl (C=O) groups is 2. The number of nitrogens with zero attached hydrogens (tertiary/aromatic N) is 2. The summed E-state index contributed by atoms with van der Waals surface area (Å²) in [5, 5.41) is 1.22. The fraction of sp³-hybridized carbons (Fsp3) is 0.355. The average molecular weight is 627 g/mol. The third kappa shape index (κ3) is 5.93. The molecule has 0 spiro atoms. The minimum atomic E-state index is -0.510. The summed E-state index contributed by atoms with van der Waals surface area (Å²) in [6, 6.07) is 16.0. The van der Waals surface area contributed by atoms with E-state index in [9.17, 15) is 9.59 Å². The average Bonchev–Trinajstić information content (AvgIpc) is 3.28. The van der Waals surface area contributed by atoms with Crippen molar-refractivity contribution in [2.45, 2.75) is 32.8 Å².